The van der Waals surface area contributed by atoms with Gasteiger partial charge in [0.1, 0.15) is 0 Å². The maximum atomic E-state index is 2.73. The van der Waals surface area contributed by atoms with Crippen molar-refractivity contribution in [1.82, 2.24) is 0 Å². The highest BCUT2D eigenvalue weighted by Crippen LogP contribution is 2.63. The fourth-order valence-corrected chi connectivity index (χ4v) is 13.9. The molecule has 0 N–H and O–H groups in total. The molecule has 0 spiro atoms. The summed E-state index contributed by atoms with van der Waals surface area (Å²) in [4.78, 5) is 7.16. The number of hydrogen-bond donors (Lipinski definition) is 0. The van der Waals surface area contributed by atoms with E-state index in [1.54, 1.807) is 27.2 Å². The van der Waals surface area contributed by atoms with Gasteiger partial charge >= 0.3 is 0 Å². The summed E-state index contributed by atoms with van der Waals surface area (Å²) in [5.74, 6) is 3.21. The number of allylic oxidation sites excluding steroid dienone is 14. The third-order valence-electron chi connectivity index (χ3n) is 13.3. The molecule has 1 nitrogen and oxygen atoms in total. The van der Waals surface area contributed by atoms with Gasteiger partial charge in [-0.3, -0.25) is 0 Å². The fourth-order valence-electron chi connectivity index (χ4n) is 11.1. The quantitative estimate of drug-likeness (QED) is 0.247. The second-order valence-electron chi connectivity index (χ2n) is 16.0. The summed E-state index contributed by atoms with van der Waals surface area (Å²) < 4.78 is 0. The molecule has 5 aliphatic carbocycles. The van der Waals surface area contributed by atoms with Crippen LogP contribution in [0.3, 0.4) is 0 Å². The molecule has 0 amide bonds. The molecule has 262 valence electrons. The average Bonchev–Trinajstić information content (AvgIpc) is 3.56. The second-order valence-corrected chi connectivity index (χ2v) is 18.3. The van der Waals surface area contributed by atoms with Crippen LogP contribution in [0.2, 0.25) is 0 Å². The standard InChI is InChI=1S/C50H45NS2/c1-3-14-32(15-4-1)33-27-29-46-41(30-33)48(38-19-8-11-23-44(38)52-46)50-39-20-9-12-24-45(39)53-47-25-13-21-36(49(47)50)34-26-28-43-40(31-34)37-18-7-10-22-42(37)51(43)35-16-5-2-6-17-35/h1-9,11-14,16-19,23-32,36,39-40,43,47-50H,10,15,20-22H2. The highest BCUT2D eigenvalue weighted by Gasteiger charge is 2.52. The van der Waals surface area contributed by atoms with Crippen molar-refractivity contribution in [1.29, 1.82) is 0 Å². The van der Waals surface area contributed by atoms with E-state index in [2.05, 4.69) is 175 Å². The van der Waals surface area contributed by atoms with E-state index in [1.807, 2.05) is 11.8 Å². The van der Waals surface area contributed by atoms with Gasteiger partial charge < -0.3 is 4.90 Å². The van der Waals surface area contributed by atoms with E-state index in [0.29, 0.717) is 52.7 Å². The molecular formula is C50H45NS2. The van der Waals surface area contributed by atoms with E-state index < -0.39 is 0 Å². The third kappa shape index (κ3) is 5.36. The van der Waals surface area contributed by atoms with Gasteiger partial charge in [-0.1, -0.05) is 145 Å². The van der Waals surface area contributed by atoms with Crippen molar-refractivity contribution in [3.05, 3.63) is 196 Å². The Morgan fingerprint density at radius 2 is 1.55 bits per heavy atom. The van der Waals surface area contributed by atoms with E-state index in [4.69, 9.17) is 0 Å². The second kappa shape index (κ2) is 13.3. The molecule has 9 unspecified atom stereocenters. The molecule has 0 radical (unpaired) electrons. The minimum absolute atomic E-state index is 0.342. The van der Waals surface area contributed by atoms with Gasteiger partial charge in [0.15, 0.2) is 0 Å². The molecule has 0 aromatic heterocycles. The number of para-hydroxylation sites is 1. The van der Waals surface area contributed by atoms with E-state index in [0.717, 1.165) is 32.1 Å². The molecule has 3 heteroatoms. The Bertz CT molecular complexity index is 2240. The van der Waals surface area contributed by atoms with Crippen molar-refractivity contribution in [3.8, 4) is 0 Å². The molecule has 3 heterocycles. The van der Waals surface area contributed by atoms with Crippen LogP contribution in [-0.4, -0.2) is 11.3 Å². The zero-order chi connectivity index (χ0) is 34.9. The van der Waals surface area contributed by atoms with Crippen LogP contribution in [0, 0.1) is 29.6 Å². The lowest BCUT2D eigenvalue weighted by molar-refractivity contribution is 0.171. The predicted molar refractivity (Wildman–Crippen MR) is 224 cm³/mol. The van der Waals surface area contributed by atoms with Crippen molar-refractivity contribution in [2.24, 2.45) is 29.6 Å². The Kier molecular flexibility index (Phi) is 8.09. The highest BCUT2D eigenvalue weighted by atomic mass is 32.2. The minimum atomic E-state index is 0.342. The van der Waals surface area contributed by atoms with E-state index in [9.17, 15) is 0 Å². The van der Waals surface area contributed by atoms with Gasteiger partial charge in [-0.15, -0.1) is 11.8 Å². The van der Waals surface area contributed by atoms with Crippen LogP contribution < -0.4 is 4.90 Å². The summed E-state index contributed by atoms with van der Waals surface area (Å²) >= 11 is 4.17. The Morgan fingerprint density at radius 1 is 0.679 bits per heavy atom. The van der Waals surface area contributed by atoms with Gasteiger partial charge in [-0.05, 0) is 113 Å². The highest BCUT2D eigenvalue weighted by molar-refractivity contribution is 8.03. The number of benzene rings is 3. The molecule has 0 bridgehead atoms. The molecular weight excluding hydrogens is 679 g/mol. The fraction of sp³-hybridized carbons (Fsp3) is 0.280. The Labute approximate surface area is 323 Å². The molecule has 0 saturated carbocycles. The van der Waals surface area contributed by atoms with Gasteiger partial charge in [0.05, 0.1) is 6.04 Å². The van der Waals surface area contributed by atoms with Crippen molar-refractivity contribution in [3.63, 3.8) is 0 Å². The molecule has 3 aromatic carbocycles. The number of anilines is 1. The maximum absolute atomic E-state index is 2.73. The van der Waals surface area contributed by atoms with Gasteiger partial charge in [-0.2, -0.15) is 0 Å². The molecule has 9 atom stereocenters. The Balaban J connectivity index is 1.04. The largest absolute Gasteiger partial charge is 0.337 e. The summed E-state index contributed by atoms with van der Waals surface area (Å²) in [5, 5.41) is 0.466. The van der Waals surface area contributed by atoms with Crippen LogP contribution in [0.5, 0.6) is 0 Å². The SMILES string of the molecule is C1=CCC(c2ccc3c(c2)C(C2C4CC=CC=C4SC4C=CCC(C5=CC6C7=C(CCC=C7)N(c7ccccc7)C6C=C5)C42)c2ccccc2S3)C=C1. The van der Waals surface area contributed by atoms with Gasteiger partial charge in [-0.25, -0.2) is 0 Å². The first-order chi connectivity index (χ1) is 26.3. The van der Waals surface area contributed by atoms with E-state index >= 15 is 0 Å². The third-order valence-corrected chi connectivity index (χ3v) is 16.0. The lowest BCUT2D eigenvalue weighted by Crippen LogP contribution is -2.46. The lowest BCUT2D eigenvalue weighted by Gasteiger charge is -2.53. The summed E-state index contributed by atoms with van der Waals surface area (Å²) in [6.45, 7) is 0. The summed E-state index contributed by atoms with van der Waals surface area (Å²) in [6, 6.07) is 28.4. The van der Waals surface area contributed by atoms with Crippen molar-refractivity contribution in [2.75, 3.05) is 4.90 Å². The topological polar surface area (TPSA) is 3.24 Å². The van der Waals surface area contributed by atoms with Crippen LogP contribution in [-0.2, 0) is 0 Å². The summed E-state index contributed by atoms with van der Waals surface area (Å²) in [6.07, 6.45) is 39.9. The van der Waals surface area contributed by atoms with Crippen LogP contribution in [0.4, 0.5) is 5.69 Å². The Hall–Kier alpha value is -4.18. The Morgan fingerprint density at radius 3 is 2.47 bits per heavy atom. The first kappa shape index (κ1) is 32.3. The van der Waals surface area contributed by atoms with E-state index in [1.165, 1.54) is 26.7 Å². The maximum Gasteiger partial charge on any atom is 0.0626 e. The number of nitrogens with zero attached hydrogens (tertiary/aromatic N) is 1. The van der Waals surface area contributed by atoms with E-state index in [-0.39, 0.29) is 0 Å². The molecule has 11 rings (SSSR count). The monoisotopic (exact) mass is 723 g/mol. The zero-order valence-corrected chi connectivity index (χ0v) is 31.6. The van der Waals surface area contributed by atoms with Crippen LogP contribution in [0.15, 0.2) is 189 Å². The normalized spacial score (nSPS) is 33.0. The summed E-state index contributed by atoms with van der Waals surface area (Å²) in [7, 11) is 0. The minimum Gasteiger partial charge on any atom is -0.337 e. The van der Waals surface area contributed by atoms with Crippen molar-refractivity contribution >= 4 is 29.2 Å². The molecule has 3 aromatic rings. The average molecular weight is 724 g/mol. The van der Waals surface area contributed by atoms with Crippen molar-refractivity contribution < 1.29 is 0 Å². The van der Waals surface area contributed by atoms with Gasteiger partial charge in [0, 0.05) is 44.2 Å². The smallest absolute Gasteiger partial charge is 0.0626 e. The first-order valence-electron chi connectivity index (χ1n) is 19.9. The molecule has 8 aliphatic rings. The lowest BCUT2D eigenvalue weighted by atomic mass is 9.59. The number of rotatable bonds is 4. The zero-order valence-electron chi connectivity index (χ0n) is 30.0. The number of hydrogen-bond acceptors (Lipinski definition) is 3. The number of thioether (sulfide) groups is 1. The summed E-state index contributed by atoms with van der Waals surface area (Å²) in [5.41, 5.74) is 10.5. The van der Waals surface area contributed by atoms with Crippen LogP contribution in [0.25, 0.3) is 0 Å². The first-order valence-corrected chi connectivity index (χ1v) is 21.6. The van der Waals surface area contributed by atoms with Crippen LogP contribution in [0.1, 0.15) is 60.6 Å². The van der Waals surface area contributed by atoms with Gasteiger partial charge in [0.2, 0.25) is 0 Å². The molecule has 53 heavy (non-hydrogen) atoms. The predicted octanol–water partition coefficient (Wildman–Crippen LogP) is 12.9. The molecule has 3 aliphatic heterocycles. The van der Waals surface area contributed by atoms with Crippen molar-refractivity contribution in [2.45, 2.75) is 65.0 Å². The van der Waals surface area contributed by atoms with Crippen LogP contribution >= 0.6 is 23.5 Å². The molecule has 1 saturated heterocycles. The van der Waals surface area contributed by atoms with Gasteiger partial charge in [0.25, 0.3) is 0 Å². The molecule has 1 fully saturated rings. The number of fused-ring (bicyclic) bond motifs is 6.